The van der Waals surface area contributed by atoms with Gasteiger partial charge in [-0.15, -0.1) is 11.8 Å². The lowest BCUT2D eigenvalue weighted by Crippen LogP contribution is -2.38. The van der Waals surface area contributed by atoms with Crippen molar-refractivity contribution in [3.63, 3.8) is 0 Å². The molecule has 1 aromatic rings. The van der Waals surface area contributed by atoms with Gasteiger partial charge in [-0.05, 0) is 43.4 Å². The van der Waals surface area contributed by atoms with Crippen LogP contribution in [-0.2, 0) is 9.53 Å². The van der Waals surface area contributed by atoms with Crippen molar-refractivity contribution in [2.75, 3.05) is 12.9 Å². The van der Waals surface area contributed by atoms with E-state index in [0.29, 0.717) is 11.5 Å². The number of thioether (sulfide) groups is 1. The van der Waals surface area contributed by atoms with Crippen LogP contribution in [-0.4, -0.2) is 30.8 Å². The first-order chi connectivity index (χ1) is 9.43. The molecule has 0 saturated carbocycles. The summed E-state index contributed by atoms with van der Waals surface area (Å²) in [6, 6.07) is 7.15. The van der Waals surface area contributed by atoms with Gasteiger partial charge in [-0.1, -0.05) is 13.8 Å². The maximum Gasteiger partial charge on any atom is 0.338 e. The zero-order valence-electron chi connectivity index (χ0n) is 12.3. The van der Waals surface area contributed by atoms with E-state index in [1.54, 1.807) is 23.9 Å². The molecular weight excluding hydrogens is 274 g/mol. The monoisotopic (exact) mass is 295 g/mol. The Kier molecular flexibility index (Phi) is 6.58. The van der Waals surface area contributed by atoms with Crippen molar-refractivity contribution in [1.82, 2.24) is 5.32 Å². The molecule has 0 aliphatic heterocycles. The van der Waals surface area contributed by atoms with Crippen molar-refractivity contribution in [1.29, 1.82) is 0 Å². The summed E-state index contributed by atoms with van der Waals surface area (Å²) in [5.74, 6) is -0.418. The van der Waals surface area contributed by atoms with Gasteiger partial charge in [0.1, 0.15) is 0 Å². The highest BCUT2D eigenvalue weighted by atomic mass is 32.2. The normalized spacial score (nSPS) is 12.1. The number of rotatable bonds is 6. The first-order valence-electron chi connectivity index (χ1n) is 6.54. The lowest BCUT2D eigenvalue weighted by Gasteiger charge is -2.17. The molecule has 1 aromatic carbocycles. The molecule has 0 fully saturated rings. The van der Waals surface area contributed by atoms with E-state index in [1.807, 2.05) is 39.2 Å². The maximum atomic E-state index is 11.8. The van der Waals surface area contributed by atoms with Crippen molar-refractivity contribution in [2.45, 2.75) is 31.7 Å². The molecule has 1 rings (SSSR count). The summed E-state index contributed by atoms with van der Waals surface area (Å²) in [4.78, 5) is 24.4. The second kappa shape index (κ2) is 7.94. The van der Waals surface area contributed by atoms with Crippen molar-refractivity contribution in [3.8, 4) is 0 Å². The number of benzene rings is 1. The zero-order valence-corrected chi connectivity index (χ0v) is 13.1. The first kappa shape index (κ1) is 16.6. The fourth-order valence-corrected chi connectivity index (χ4v) is 1.81. The third-order valence-corrected chi connectivity index (χ3v) is 3.79. The molecule has 0 aromatic heterocycles. The average molecular weight is 295 g/mol. The molecule has 0 heterocycles. The Morgan fingerprint density at radius 3 is 2.30 bits per heavy atom. The van der Waals surface area contributed by atoms with E-state index >= 15 is 0 Å². The van der Waals surface area contributed by atoms with Crippen molar-refractivity contribution in [2.24, 2.45) is 5.92 Å². The number of carbonyl (C=O) groups excluding carboxylic acids is 2. The highest BCUT2D eigenvalue weighted by molar-refractivity contribution is 7.98. The van der Waals surface area contributed by atoms with Gasteiger partial charge < -0.3 is 10.1 Å². The van der Waals surface area contributed by atoms with Crippen LogP contribution in [0.15, 0.2) is 29.2 Å². The van der Waals surface area contributed by atoms with Crippen LogP contribution in [0.3, 0.4) is 0 Å². The smallest absolute Gasteiger partial charge is 0.338 e. The molecule has 0 aliphatic carbocycles. The van der Waals surface area contributed by atoms with Gasteiger partial charge in [0.25, 0.3) is 5.91 Å². The number of hydrogen-bond donors (Lipinski definition) is 1. The third-order valence-electron chi connectivity index (χ3n) is 3.05. The molecule has 0 unspecified atom stereocenters. The summed E-state index contributed by atoms with van der Waals surface area (Å²) in [6.45, 7) is 5.71. The Labute approximate surface area is 124 Å². The highest BCUT2D eigenvalue weighted by Gasteiger charge is 2.13. The van der Waals surface area contributed by atoms with E-state index in [4.69, 9.17) is 4.74 Å². The molecule has 1 N–H and O–H groups in total. The second-order valence-electron chi connectivity index (χ2n) is 4.90. The fourth-order valence-electron chi connectivity index (χ4n) is 1.40. The van der Waals surface area contributed by atoms with Gasteiger partial charge in [0.05, 0.1) is 5.56 Å². The van der Waals surface area contributed by atoms with Crippen LogP contribution in [0, 0.1) is 5.92 Å². The minimum Gasteiger partial charge on any atom is -0.452 e. The van der Waals surface area contributed by atoms with Crippen molar-refractivity contribution >= 4 is 23.6 Å². The molecule has 0 saturated heterocycles. The zero-order chi connectivity index (χ0) is 15.1. The average Bonchev–Trinajstić information content (AvgIpc) is 2.44. The van der Waals surface area contributed by atoms with Crippen LogP contribution in [0.1, 0.15) is 31.1 Å². The van der Waals surface area contributed by atoms with E-state index in [0.717, 1.165) is 4.90 Å². The summed E-state index contributed by atoms with van der Waals surface area (Å²) in [5.41, 5.74) is 0.451. The largest absolute Gasteiger partial charge is 0.452 e. The Hall–Kier alpha value is -1.49. The molecule has 4 nitrogen and oxygen atoms in total. The number of esters is 1. The van der Waals surface area contributed by atoms with E-state index < -0.39 is 5.97 Å². The molecule has 110 valence electrons. The minimum atomic E-state index is -0.481. The molecule has 0 bridgehead atoms. The topological polar surface area (TPSA) is 55.4 Å². The first-order valence-corrected chi connectivity index (χ1v) is 7.77. The molecule has 1 atom stereocenters. The number of nitrogens with one attached hydrogen (secondary N) is 1. The van der Waals surface area contributed by atoms with Crippen LogP contribution in [0.2, 0.25) is 0 Å². The molecule has 0 spiro atoms. The molecule has 5 heteroatoms. The fraction of sp³-hybridized carbons (Fsp3) is 0.467. The van der Waals surface area contributed by atoms with Gasteiger partial charge in [0, 0.05) is 10.9 Å². The molecule has 20 heavy (non-hydrogen) atoms. The van der Waals surface area contributed by atoms with Gasteiger partial charge in [-0.25, -0.2) is 4.79 Å². The van der Waals surface area contributed by atoms with Crippen LogP contribution in [0.25, 0.3) is 0 Å². The quantitative estimate of drug-likeness (QED) is 0.647. The van der Waals surface area contributed by atoms with Crippen LogP contribution in [0.5, 0.6) is 0 Å². The summed E-state index contributed by atoms with van der Waals surface area (Å²) in [7, 11) is 0. The van der Waals surface area contributed by atoms with E-state index in [-0.39, 0.29) is 18.6 Å². The highest BCUT2D eigenvalue weighted by Crippen LogP contribution is 2.15. The Morgan fingerprint density at radius 2 is 1.80 bits per heavy atom. The molecule has 0 aliphatic rings. The number of hydrogen-bond acceptors (Lipinski definition) is 4. The Balaban J connectivity index is 2.44. The van der Waals surface area contributed by atoms with Gasteiger partial charge in [-0.2, -0.15) is 0 Å². The van der Waals surface area contributed by atoms with E-state index in [9.17, 15) is 9.59 Å². The second-order valence-corrected chi connectivity index (χ2v) is 5.78. The molecule has 0 radical (unpaired) electrons. The van der Waals surface area contributed by atoms with Gasteiger partial charge in [0.15, 0.2) is 6.61 Å². The molecule has 1 amide bonds. The van der Waals surface area contributed by atoms with Crippen molar-refractivity contribution < 1.29 is 14.3 Å². The summed E-state index contributed by atoms with van der Waals surface area (Å²) < 4.78 is 4.99. The maximum absolute atomic E-state index is 11.8. The predicted octanol–water partition coefficient (Wildman–Crippen LogP) is 2.73. The number of amides is 1. The third kappa shape index (κ3) is 5.25. The summed E-state index contributed by atoms with van der Waals surface area (Å²) in [6.07, 6.45) is 1.97. The predicted molar refractivity (Wildman–Crippen MR) is 80.9 cm³/mol. The lowest BCUT2D eigenvalue weighted by molar-refractivity contribution is -0.125. The van der Waals surface area contributed by atoms with Gasteiger partial charge >= 0.3 is 5.97 Å². The van der Waals surface area contributed by atoms with E-state index in [1.165, 1.54) is 0 Å². The number of ether oxygens (including phenoxy) is 1. The summed E-state index contributed by atoms with van der Waals surface area (Å²) in [5, 5.41) is 2.78. The lowest BCUT2D eigenvalue weighted by atomic mass is 10.1. The van der Waals surface area contributed by atoms with E-state index in [2.05, 4.69) is 5.32 Å². The van der Waals surface area contributed by atoms with Gasteiger partial charge in [0.2, 0.25) is 0 Å². The Bertz CT molecular complexity index is 457. The van der Waals surface area contributed by atoms with Crippen LogP contribution in [0.4, 0.5) is 0 Å². The SMILES string of the molecule is CSc1ccc(C(=O)OCC(=O)N[C@H](C)C(C)C)cc1. The Morgan fingerprint density at radius 1 is 1.20 bits per heavy atom. The summed E-state index contributed by atoms with van der Waals surface area (Å²) >= 11 is 1.60. The standard InChI is InChI=1S/C15H21NO3S/c1-10(2)11(3)16-14(17)9-19-15(18)12-5-7-13(20-4)8-6-12/h5-8,10-11H,9H2,1-4H3,(H,16,17)/t11-/m1/s1. The minimum absolute atomic E-state index is 0.0575. The molecular formula is C15H21NO3S. The van der Waals surface area contributed by atoms with Crippen LogP contribution < -0.4 is 5.32 Å². The van der Waals surface area contributed by atoms with Crippen molar-refractivity contribution in [3.05, 3.63) is 29.8 Å². The number of carbonyl (C=O) groups is 2. The van der Waals surface area contributed by atoms with Gasteiger partial charge in [-0.3, -0.25) is 4.79 Å². The van der Waals surface area contributed by atoms with Crippen LogP contribution >= 0.6 is 11.8 Å².